The van der Waals surface area contributed by atoms with Crippen molar-refractivity contribution >= 4 is 26.3 Å². The predicted octanol–water partition coefficient (Wildman–Crippen LogP) is 7.51. The molecule has 2 aromatic carbocycles. The van der Waals surface area contributed by atoms with Crippen LogP contribution in [0.2, 0.25) is 18.1 Å². The topological polar surface area (TPSA) is 85.4 Å². The molecule has 2 aromatic rings. The van der Waals surface area contributed by atoms with E-state index in [9.17, 15) is 18.8 Å². The van der Waals surface area contributed by atoms with Crippen molar-refractivity contribution in [3.8, 4) is 0 Å². The third-order valence-corrected chi connectivity index (χ3v) is 12.0. The van der Waals surface area contributed by atoms with E-state index in [0.29, 0.717) is 19.7 Å². The number of amides is 2. The molecule has 2 aliphatic heterocycles. The largest absolute Gasteiger partial charge is 0.547 e. The van der Waals surface area contributed by atoms with E-state index in [2.05, 4.69) is 33.9 Å². The van der Waals surface area contributed by atoms with Crippen LogP contribution in [0, 0.1) is 0 Å². The molecule has 0 aromatic heterocycles. The Kier molecular flexibility index (Phi) is 13.4. The first-order chi connectivity index (χ1) is 19.9. The maximum Gasteiger partial charge on any atom is 0.410 e. The molecule has 2 heterocycles. The van der Waals surface area contributed by atoms with Crippen molar-refractivity contribution in [2.75, 3.05) is 26.2 Å². The smallest absolute Gasteiger partial charge is 0.410 e. The van der Waals surface area contributed by atoms with Gasteiger partial charge in [-0.2, -0.15) is 0 Å². The lowest BCUT2D eigenvalue weighted by Gasteiger charge is -2.38. The number of likely N-dealkylation sites (tertiary alicyclic amines) is 1. The number of alkyl halides is 1. The Bertz CT molecular complexity index is 1220. The highest BCUT2D eigenvalue weighted by atomic mass is 28.4. The highest BCUT2D eigenvalue weighted by Gasteiger charge is 2.39. The summed E-state index contributed by atoms with van der Waals surface area (Å²) in [6.07, 6.45) is 0.418. The number of nitrogens with zero attached hydrogens (tertiary/aromatic N) is 2. The van der Waals surface area contributed by atoms with Crippen LogP contribution in [0.25, 0.3) is 0 Å². The first-order valence-corrected chi connectivity index (χ1v) is 17.2. The van der Waals surface area contributed by atoms with Crippen molar-refractivity contribution in [3.63, 3.8) is 0 Å². The summed E-state index contributed by atoms with van der Waals surface area (Å²) in [4.78, 5) is 37.8. The second-order valence-corrected chi connectivity index (χ2v) is 16.7. The zero-order valence-corrected chi connectivity index (χ0v) is 26.3. The third-order valence-electron chi connectivity index (χ3n) is 7.64. The number of hydrogen-bond acceptors (Lipinski definition) is 6. The SMILES string of the molecule is C.CC(C)(C)[Si](C)(C)OC1=CCN(C(=O)OCc2ccccc2)CC1.O=C1CCN(C(=O)OCc2ccccc2)CC1F. The Labute approximate surface area is 256 Å². The van der Waals surface area contributed by atoms with Gasteiger partial charge in [0.15, 0.2) is 12.0 Å². The lowest BCUT2D eigenvalue weighted by molar-refractivity contribution is -0.126. The molecule has 236 valence electrons. The van der Waals surface area contributed by atoms with E-state index in [-0.39, 0.29) is 44.7 Å². The molecular formula is C33H47FN2O6Si. The van der Waals surface area contributed by atoms with E-state index in [0.717, 1.165) is 23.3 Å². The van der Waals surface area contributed by atoms with Crippen molar-refractivity contribution in [1.82, 2.24) is 9.80 Å². The molecule has 2 aliphatic rings. The number of piperidine rings is 1. The maximum atomic E-state index is 13.2. The lowest BCUT2D eigenvalue weighted by Crippen LogP contribution is -2.45. The molecule has 1 saturated heterocycles. The van der Waals surface area contributed by atoms with E-state index in [1.54, 1.807) is 4.90 Å². The Hall–Kier alpha value is -3.66. The molecule has 1 atom stereocenters. The summed E-state index contributed by atoms with van der Waals surface area (Å²) >= 11 is 0. The van der Waals surface area contributed by atoms with Gasteiger partial charge in [-0.1, -0.05) is 88.9 Å². The molecular weight excluding hydrogens is 567 g/mol. The average molecular weight is 615 g/mol. The van der Waals surface area contributed by atoms with E-state index in [4.69, 9.17) is 13.9 Å². The monoisotopic (exact) mass is 614 g/mol. The molecule has 0 N–H and O–H groups in total. The van der Waals surface area contributed by atoms with Crippen LogP contribution in [-0.2, 0) is 31.9 Å². The van der Waals surface area contributed by atoms with Crippen LogP contribution in [0.5, 0.6) is 0 Å². The predicted molar refractivity (Wildman–Crippen MR) is 169 cm³/mol. The van der Waals surface area contributed by atoms with Gasteiger partial charge in [-0.15, -0.1) is 0 Å². The Morgan fingerprint density at radius 2 is 1.35 bits per heavy atom. The first-order valence-electron chi connectivity index (χ1n) is 14.3. The van der Waals surface area contributed by atoms with Crippen LogP contribution in [0.1, 0.15) is 52.2 Å². The minimum atomic E-state index is -1.80. The maximum absolute atomic E-state index is 13.2. The summed E-state index contributed by atoms with van der Waals surface area (Å²) in [6, 6.07) is 19.0. The number of halogens is 1. The quantitative estimate of drug-likeness (QED) is 0.313. The Morgan fingerprint density at radius 3 is 1.79 bits per heavy atom. The molecule has 43 heavy (non-hydrogen) atoms. The van der Waals surface area contributed by atoms with Crippen molar-refractivity contribution in [1.29, 1.82) is 0 Å². The second kappa shape index (κ2) is 16.3. The van der Waals surface area contributed by atoms with Gasteiger partial charge < -0.3 is 23.7 Å². The fourth-order valence-corrected chi connectivity index (χ4v) is 5.11. The molecule has 0 spiro atoms. The fraction of sp³-hybridized carbons (Fsp3) is 0.485. The number of ether oxygens (including phenoxy) is 2. The summed E-state index contributed by atoms with van der Waals surface area (Å²) in [5.74, 6) is 0.579. The van der Waals surface area contributed by atoms with Crippen LogP contribution in [-0.4, -0.2) is 68.4 Å². The number of carbonyl (C=O) groups is 3. The molecule has 2 amide bonds. The fourth-order valence-electron chi connectivity index (χ4n) is 3.97. The van der Waals surface area contributed by atoms with Crippen LogP contribution in [0.15, 0.2) is 72.5 Å². The summed E-state index contributed by atoms with van der Waals surface area (Å²) < 4.78 is 29.9. The minimum absolute atomic E-state index is 0. The van der Waals surface area contributed by atoms with Crippen molar-refractivity contribution in [3.05, 3.63) is 83.6 Å². The lowest BCUT2D eigenvalue weighted by atomic mass is 10.1. The number of Topliss-reactive ketones (excluding diaryl/α,β-unsaturated/α-hetero) is 1. The van der Waals surface area contributed by atoms with Crippen molar-refractivity contribution in [2.45, 2.75) is 78.6 Å². The molecule has 1 fully saturated rings. The molecule has 0 aliphatic carbocycles. The number of carbonyl (C=O) groups excluding carboxylic acids is 3. The van der Waals surface area contributed by atoms with Gasteiger partial charge >= 0.3 is 12.2 Å². The van der Waals surface area contributed by atoms with E-state index in [1.807, 2.05) is 66.7 Å². The zero-order chi connectivity index (χ0) is 30.8. The third kappa shape index (κ3) is 11.2. The summed E-state index contributed by atoms with van der Waals surface area (Å²) in [5, 5.41) is 0.180. The molecule has 10 heteroatoms. The van der Waals surface area contributed by atoms with Gasteiger partial charge in [-0.3, -0.25) is 4.79 Å². The number of benzene rings is 2. The highest BCUT2D eigenvalue weighted by molar-refractivity contribution is 6.74. The number of ketones is 1. The molecule has 0 saturated carbocycles. The summed E-state index contributed by atoms with van der Waals surface area (Å²) in [6.45, 7) is 12.9. The van der Waals surface area contributed by atoms with Gasteiger partial charge in [0.05, 0.1) is 12.3 Å². The van der Waals surface area contributed by atoms with Gasteiger partial charge in [0.25, 0.3) is 0 Å². The van der Waals surface area contributed by atoms with E-state index < -0.39 is 26.4 Å². The standard InChI is InChI=1S/C19H29NO3Si.C13H14FNO3.CH4/c1-19(2,3)24(4,5)23-17-11-13-20(14-12-17)18(21)22-15-16-9-7-6-8-10-16;14-11-8-15(7-6-12(11)16)13(17)18-9-10-4-2-1-3-5-10;/h6-11H,12-15H2,1-5H3;1-5,11H,6-9H2;1H4. The van der Waals surface area contributed by atoms with Gasteiger partial charge in [0.2, 0.25) is 8.32 Å². The van der Waals surface area contributed by atoms with Gasteiger partial charge in [0, 0.05) is 32.5 Å². The normalized spacial score (nSPS) is 17.0. The Balaban J connectivity index is 0.000000304. The molecule has 0 radical (unpaired) electrons. The first kappa shape index (κ1) is 35.5. The number of rotatable bonds is 6. The van der Waals surface area contributed by atoms with E-state index >= 15 is 0 Å². The van der Waals surface area contributed by atoms with Gasteiger partial charge in [-0.25, -0.2) is 14.0 Å². The van der Waals surface area contributed by atoms with Gasteiger partial charge in [0.1, 0.15) is 13.2 Å². The Morgan fingerprint density at radius 1 is 0.860 bits per heavy atom. The number of hydrogen-bond donors (Lipinski definition) is 0. The van der Waals surface area contributed by atoms with Crippen LogP contribution in [0.4, 0.5) is 14.0 Å². The van der Waals surface area contributed by atoms with Crippen LogP contribution < -0.4 is 0 Å². The highest BCUT2D eigenvalue weighted by Crippen LogP contribution is 2.38. The molecule has 0 bridgehead atoms. The van der Waals surface area contributed by atoms with Gasteiger partial charge in [-0.05, 0) is 35.3 Å². The molecule has 4 rings (SSSR count). The second-order valence-electron chi connectivity index (χ2n) is 11.9. The molecule has 8 nitrogen and oxygen atoms in total. The average Bonchev–Trinajstić information content (AvgIpc) is 2.97. The zero-order valence-electron chi connectivity index (χ0n) is 25.3. The summed E-state index contributed by atoms with van der Waals surface area (Å²) in [5.41, 5.74) is 1.87. The van der Waals surface area contributed by atoms with Crippen LogP contribution in [0.3, 0.4) is 0 Å². The van der Waals surface area contributed by atoms with Crippen molar-refractivity contribution < 1.29 is 32.7 Å². The van der Waals surface area contributed by atoms with E-state index in [1.165, 1.54) is 4.90 Å². The molecule has 1 unspecified atom stereocenters. The van der Waals surface area contributed by atoms with Crippen molar-refractivity contribution in [2.24, 2.45) is 0 Å². The minimum Gasteiger partial charge on any atom is -0.547 e. The summed E-state index contributed by atoms with van der Waals surface area (Å²) in [7, 11) is -1.80. The van der Waals surface area contributed by atoms with Crippen LogP contribution >= 0.6 is 0 Å².